The number of thiazole rings is 1. The van der Waals surface area contributed by atoms with Gasteiger partial charge in [-0.15, -0.1) is 11.3 Å². The number of nitrogens with zero attached hydrogens (tertiary/aromatic N) is 2. The number of carbonyl (C=O) groups is 1. The van der Waals surface area contributed by atoms with Gasteiger partial charge in [-0.2, -0.15) is 0 Å². The van der Waals surface area contributed by atoms with E-state index in [2.05, 4.69) is 10.3 Å². The first-order valence-corrected chi connectivity index (χ1v) is 9.15. The standard InChI is InChI=1S/C19H17N3O4S/c1-2-26-17-6-4-3-5-16(17)19-21-14(12-27-19)11-18(23)20-13-7-9-15(10-8-13)22(24)25/h3-10,12H,2,11H2,1H3,(H,20,23). The number of nitrogens with one attached hydrogen (secondary N) is 1. The van der Waals surface area contributed by atoms with Gasteiger partial charge in [-0.1, -0.05) is 12.1 Å². The number of anilines is 1. The Balaban J connectivity index is 1.67. The highest BCUT2D eigenvalue weighted by Gasteiger charge is 2.13. The maximum absolute atomic E-state index is 12.2. The summed E-state index contributed by atoms with van der Waals surface area (Å²) in [6.07, 6.45) is 0.115. The molecule has 1 aromatic heterocycles. The van der Waals surface area contributed by atoms with Gasteiger partial charge in [-0.05, 0) is 31.2 Å². The lowest BCUT2D eigenvalue weighted by Gasteiger charge is -2.07. The molecule has 0 fully saturated rings. The Labute approximate surface area is 159 Å². The smallest absolute Gasteiger partial charge is 0.269 e. The fourth-order valence-electron chi connectivity index (χ4n) is 2.47. The molecule has 0 saturated heterocycles. The Morgan fingerprint density at radius 2 is 1.96 bits per heavy atom. The molecular formula is C19H17N3O4S. The first-order chi connectivity index (χ1) is 13.1. The molecule has 0 spiro atoms. The van der Waals surface area contributed by atoms with E-state index in [1.807, 2.05) is 36.6 Å². The quantitative estimate of drug-likeness (QED) is 0.485. The lowest BCUT2D eigenvalue weighted by molar-refractivity contribution is -0.384. The summed E-state index contributed by atoms with van der Waals surface area (Å²) in [4.78, 5) is 26.9. The molecular weight excluding hydrogens is 366 g/mol. The van der Waals surface area contributed by atoms with Crippen LogP contribution in [0, 0.1) is 10.1 Å². The number of para-hydroxylation sites is 1. The van der Waals surface area contributed by atoms with Gasteiger partial charge in [0.1, 0.15) is 10.8 Å². The van der Waals surface area contributed by atoms with Crippen LogP contribution in [0.1, 0.15) is 12.6 Å². The van der Waals surface area contributed by atoms with Gasteiger partial charge in [-0.25, -0.2) is 4.98 Å². The van der Waals surface area contributed by atoms with E-state index in [1.165, 1.54) is 35.6 Å². The third-order valence-corrected chi connectivity index (χ3v) is 4.60. The molecule has 7 nitrogen and oxygen atoms in total. The van der Waals surface area contributed by atoms with Crippen molar-refractivity contribution in [1.82, 2.24) is 4.98 Å². The molecule has 0 bridgehead atoms. The summed E-state index contributed by atoms with van der Waals surface area (Å²) in [7, 11) is 0. The fraction of sp³-hybridized carbons (Fsp3) is 0.158. The van der Waals surface area contributed by atoms with Crippen molar-refractivity contribution in [3.05, 3.63) is 69.7 Å². The van der Waals surface area contributed by atoms with Crippen LogP contribution in [0.3, 0.4) is 0 Å². The van der Waals surface area contributed by atoms with Gasteiger partial charge in [-0.3, -0.25) is 14.9 Å². The summed E-state index contributed by atoms with van der Waals surface area (Å²) in [6, 6.07) is 13.3. The zero-order valence-electron chi connectivity index (χ0n) is 14.5. The first-order valence-electron chi connectivity index (χ1n) is 8.27. The molecule has 0 aliphatic carbocycles. The summed E-state index contributed by atoms with van der Waals surface area (Å²) >= 11 is 1.45. The van der Waals surface area contributed by atoms with Crippen LogP contribution in [0.2, 0.25) is 0 Å². The van der Waals surface area contributed by atoms with E-state index < -0.39 is 4.92 Å². The van der Waals surface area contributed by atoms with Crippen LogP contribution in [0.4, 0.5) is 11.4 Å². The van der Waals surface area contributed by atoms with Gasteiger partial charge in [0.05, 0.1) is 29.2 Å². The molecule has 1 N–H and O–H groups in total. The molecule has 8 heteroatoms. The van der Waals surface area contributed by atoms with E-state index in [4.69, 9.17) is 4.74 Å². The number of amides is 1. The number of nitro groups is 1. The number of carbonyl (C=O) groups excluding carboxylic acids is 1. The van der Waals surface area contributed by atoms with Gasteiger partial charge in [0, 0.05) is 23.2 Å². The van der Waals surface area contributed by atoms with Gasteiger partial charge in [0.15, 0.2) is 0 Å². The van der Waals surface area contributed by atoms with Crippen LogP contribution in [-0.2, 0) is 11.2 Å². The topological polar surface area (TPSA) is 94.4 Å². The van der Waals surface area contributed by atoms with Gasteiger partial charge < -0.3 is 10.1 Å². The zero-order chi connectivity index (χ0) is 19.2. The number of benzene rings is 2. The number of hydrogen-bond donors (Lipinski definition) is 1. The average molecular weight is 383 g/mol. The lowest BCUT2D eigenvalue weighted by Crippen LogP contribution is -2.14. The highest BCUT2D eigenvalue weighted by atomic mass is 32.1. The Morgan fingerprint density at radius 1 is 1.22 bits per heavy atom. The second-order valence-electron chi connectivity index (χ2n) is 5.60. The molecule has 0 unspecified atom stereocenters. The number of rotatable bonds is 7. The lowest BCUT2D eigenvalue weighted by atomic mass is 10.2. The van der Waals surface area contributed by atoms with Crippen molar-refractivity contribution in [3.63, 3.8) is 0 Å². The van der Waals surface area contributed by atoms with Crippen LogP contribution in [0.25, 0.3) is 10.6 Å². The molecule has 1 heterocycles. The zero-order valence-corrected chi connectivity index (χ0v) is 15.4. The summed E-state index contributed by atoms with van der Waals surface area (Å²) in [5.74, 6) is 0.523. The SMILES string of the molecule is CCOc1ccccc1-c1nc(CC(=O)Nc2ccc([N+](=O)[O-])cc2)cs1. The normalized spacial score (nSPS) is 10.4. The Kier molecular flexibility index (Phi) is 5.77. The minimum Gasteiger partial charge on any atom is -0.493 e. The third-order valence-electron chi connectivity index (χ3n) is 3.67. The van der Waals surface area contributed by atoms with E-state index in [1.54, 1.807) is 0 Å². The Morgan fingerprint density at radius 3 is 2.67 bits per heavy atom. The molecule has 0 aliphatic heterocycles. The molecule has 3 aromatic rings. The molecule has 27 heavy (non-hydrogen) atoms. The maximum atomic E-state index is 12.2. The summed E-state index contributed by atoms with van der Waals surface area (Å²) in [5, 5.41) is 16.0. The van der Waals surface area contributed by atoms with Crippen molar-refractivity contribution in [3.8, 4) is 16.3 Å². The molecule has 3 rings (SSSR count). The molecule has 1 amide bonds. The highest BCUT2D eigenvalue weighted by Crippen LogP contribution is 2.32. The van der Waals surface area contributed by atoms with E-state index in [-0.39, 0.29) is 18.0 Å². The summed E-state index contributed by atoms with van der Waals surface area (Å²) < 4.78 is 5.63. The number of non-ortho nitro benzene ring substituents is 1. The molecule has 0 saturated carbocycles. The van der Waals surface area contributed by atoms with Gasteiger partial charge in [0.2, 0.25) is 5.91 Å². The minimum absolute atomic E-state index is 0.0231. The van der Waals surface area contributed by atoms with E-state index in [0.29, 0.717) is 18.0 Å². The number of nitro benzene ring substituents is 1. The number of hydrogen-bond acceptors (Lipinski definition) is 6. The second-order valence-corrected chi connectivity index (χ2v) is 6.46. The van der Waals surface area contributed by atoms with E-state index in [0.717, 1.165) is 16.3 Å². The monoisotopic (exact) mass is 383 g/mol. The van der Waals surface area contributed by atoms with Crippen molar-refractivity contribution in [2.45, 2.75) is 13.3 Å². The van der Waals surface area contributed by atoms with Crippen molar-refractivity contribution in [2.24, 2.45) is 0 Å². The largest absolute Gasteiger partial charge is 0.493 e. The predicted octanol–water partition coefficient (Wildman–Crippen LogP) is 4.30. The van der Waals surface area contributed by atoms with Crippen molar-refractivity contribution in [1.29, 1.82) is 0 Å². The fourth-order valence-corrected chi connectivity index (χ4v) is 3.32. The van der Waals surface area contributed by atoms with Gasteiger partial charge in [0.25, 0.3) is 5.69 Å². The van der Waals surface area contributed by atoms with E-state index >= 15 is 0 Å². The molecule has 2 aromatic carbocycles. The minimum atomic E-state index is -0.484. The second kappa shape index (κ2) is 8.41. The van der Waals surface area contributed by atoms with Gasteiger partial charge >= 0.3 is 0 Å². The number of ether oxygens (including phenoxy) is 1. The molecule has 138 valence electrons. The van der Waals surface area contributed by atoms with Crippen LogP contribution >= 0.6 is 11.3 Å². The third kappa shape index (κ3) is 4.68. The van der Waals surface area contributed by atoms with Crippen molar-refractivity contribution >= 4 is 28.6 Å². The summed E-state index contributed by atoms with van der Waals surface area (Å²) in [5.41, 5.74) is 2.03. The molecule has 0 atom stereocenters. The Bertz CT molecular complexity index is 954. The predicted molar refractivity (Wildman–Crippen MR) is 104 cm³/mol. The van der Waals surface area contributed by atoms with Crippen LogP contribution < -0.4 is 10.1 Å². The Hall–Kier alpha value is -3.26. The molecule has 0 aliphatic rings. The molecule has 0 radical (unpaired) electrons. The van der Waals surface area contributed by atoms with Crippen molar-refractivity contribution in [2.75, 3.05) is 11.9 Å². The van der Waals surface area contributed by atoms with Crippen LogP contribution in [-0.4, -0.2) is 22.4 Å². The van der Waals surface area contributed by atoms with Crippen LogP contribution in [0.5, 0.6) is 5.75 Å². The first kappa shape index (κ1) is 18.5. The summed E-state index contributed by atoms with van der Waals surface area (Å²) in [6.45, 7) is 2.49. The highest BCUT2D eigenvalue weighted by molar-refractivity contribution is 7.13. The number of aromatic nitrogens is 1. The van der Waals surface area contributed by atoms with Crippen molar-refractivity contribution < 1.29 is 14.5 Å². The van der Waals surface area contributed by atoms with E-state index in [9.17, 15) is 14.9 Å². The average Bonchev–Trinajstić information content (AvgIpc) is 3.11. The maximum Gasteiger partial charge on any atom is 0.269 e. The van der Waals surface area contributed by atoms with Crippen LogP contribution in [0.15, 0.2) is 53.9 Å².